The van der Waals surface area contributed by atoms with Gasteiger partial charge in [0.1, 0.15) is 12.0 Å². The van der Waals surface area contributed by atoms with Crippen LogP contribution >= 0.6 is 0 Å². The zero-order chi connectivity index (χ0) is 15.5. The fourth-order valence-corrected chi connectivity index (χ4v) is 1.76. The molecule has 0 radical (unpaired) electrons. The van der Waals surface area contributed by atoms with Gasteiger partial charge in [-0.1, -0.05) is 26.7 Å². The highest BCUT2D eigenvalue weighted by molar-refractivity contribution is 5.92. The van der Waals surface area contributed by atoms with Gasteiger partial charge in [0.2, 0.25) is 5.88 Å². The Bertz CT molecular complexity index is 717. The van der Waals surface area contributed by atoms with Crippen LogP contribution in [0.3, 0.4) is 0 Å². The molecule has 0 aliphatic carbocycles. The van der Waals surface area contributed by atoms with Crippen LogP contribution in [0.2, 0.25) is 0 Å². The first-order valence-electron chi connectivity index (χ1n) is 6.59. The summed E-state index contributed by atoms with van der Waals surface area (Å²) in [5, 5.41) is 0.792. The Labute approximate surface area is 123 Å². The van der Waals surface area contributed by atoms with Crippen molar-refractivity contribution < 1.29 is 9.53 Å². The molecule has 0 atom stereocenters. The lowest BCUT2D eigenvalue weighted by Crippen LogP contribution is -2.17. The molecule has 0 aromatic carbocycles. The number of aromatic nitrogens is 3. The number of nitrogens with one attached hydrogen (secondary N) is 1. The van der Waals surface area contributed by atoms with E-state index in [0.29, 0.717) is 24.6 Å². The molecule has 110 valence electrons. The largest absolute Gasteiger partial charge is 0.477 e. The van der Waals surface area contributed by atoms with Crippen molar-refractivity contribution in [2.75, 3.05) is 6.61 Å². The van der Waals surface area contributed by atoms with Crippen LogP contribution < -0.4 is 10.5 Å². The predicted octanol–water partition coefficient (Wildman–Crippen LogP) is 1.41. The van der Waals surface area contributed by atoms with E-state index in [-0.39, 0.29) is 5.41 Å². The molecule has 2 aromatic rings. The maximum absolute atomic E-state index is 10.7. The van der Waals surface area contributed by atoms with Crippen LogP contribution in [0.4, 0.5) is 0 Å². The molecule has 2 rings (SSSR count). The molecule has 2 aromatic heterocycles. The van der Waals surface area contributed by atoms with E-state index in [0.717, 1.165) is 10.9 Å². The highest BCUT2D eigenvalue weighted by Gasteiger charge is 2.16. The Morgan fingerprint density at radius 1 is 1.43 bits per heavy atom. The van der Waals surface area contributed by atoms with Crippen LogP contribution in [-0.2, 0) is 11.2 Å². The molecule has 0 saturated carbocycles. The van der Waals surface area contributed by atoms with E-state index in [4.69, 9.17) is 10.5 Å². The number of aromatic amines is 1. The summed E-state index contributed by atoms with van der Waals surface area (Å²) in [7, 11) is 0. The van der Waals surface area contributed by atoms with Gasteiger partial charge in [-0.15, -0.1) is 0 Å². The molecular weight excluding hydrogens is 268 g/mol. The van der Waals surface area contributed by atoms with E-state index in [1.807, 2.05) is 0 Å². The molecule has 6 heteroatoms. The molecule has 0 aliphatic rings. The SMILES string of the molecule is CC(C)(C)COc1ncnc2[nH]cc(CC#CC(N)=O)c12. The third-order valence-corrected chi connectivity index (χ3v) is 2.65. The van der Waals surface area contributed by atoms with Crippen LogP contribution in [0.5, 0.6) is 5.88 Å². The van der Waals surface area contributed by atoms with Crippen molar-refractivity contribution in [3.8, 4) is 17.7 Å². The molecule has 0 fully saturated rings. The summed E-state index contributed by atoms with van der Waals surface area (Å²) in [4.78, 5) is 22.1. The van der Waals surface area contributed by atoms with E-state index >= 15 is 0 Å². The van der Waals surface area contributed by atoms with E-state index in [2.05, 4.69) is 47.6 Å². The quantitative estimate of drug-likeness (QED) is 0.834. The lowest BCUT2D eigenvalue weighted by molar-refractivity contribution is -0.112. The van der Waals surface area contributed by atoms with Gasteiger partial charge in [0.15, 0.2) is 0 Å². The van der Waals surface area contributed by atoms with Gasteiger partial charge in [-0.2, -0.15) is 0 Å². The molecular formula is C15H18N4O2. The van der Waals surface area contributed by atoms with E-state index in [1.54, 1.807) is 6.20 Å². The van der Waals surface area contributed by atoms with Crippen LogP contribution in [0.15, 0.2) is 12.5 Å². The second-order valence-electron chi connectivity index (χ2n) is 5.91. The van der Waals surface area contributed by atoms with Crippen LogP contribution in [0.25, 0.3) is 11.0 Å². The van der Waals surface area contributed by atoms with Gasteiger partial charge in [-0.25, -0.2) is 9.97 Å². The molecule has 6 nitrogen and oxygen atoms in total. The maximum atomic E-state index is 10.7. The number of carbonyl (C=O) groups is 1. The number of fused-ring (bicyclic) bond motifs is 1. The number of hydrogen-bond donors (Lipinski definition) is 2. The van der Waals surface area contributed by atoms with Crippen molar-refractivity contribution in [2.45, 2.75) is 27.2 Å². The number of amides is 1. The summed E-state index contributed by atoms with van der Waals surface area (Å²) in [6, 6.07) is 0. The highest BCUT2D eigenvalue weighted by atomic mass is 16.5. The van der Waals surface area contributed by atoms with Crippen LogP contribution in [0.1, 0.15) is 26.3 Å². The standard InChI is InChI=1S/C15H18N4O2/c1-15(2,3)8-21-14-12-10(5-4-6-11(16)20)7-17-13(12)18-9-19-14/h7,9H,5,8H2,1-3H3,(H2,16,20)(H,17,18,19). The summed E-state index contributed by atoms with van der Waals surface area (Å²) >= 11 is 0. The number of rotatable bonds is 3. The van der Waals surface area contributed by atoms with Crippen LogP contribution in [0, 0.1) is 17.3 Å². The zero-order valence-corrected chi connectivity index (χ0v) is 12.4. The average Bonchev–Trinajstić information content (AvgIpc) is 2.79. The number of hydrogen-bond acceptors (Lipinski definition) is 4. The predicted molar refractivity (Wildman–Crippen MR) is 79.5 cm³/mol. The second-order valence-corrected chi connectivity index (χ2v) is 5.91. The lowest BCUT2D eigenvalue weighted by Gasteiger charge is -2.18. The smallest absolute Gasteiger partial charge is 0.293 e. The molecule has 0 spiro atoms. The topological polar surface area (TPSA) is 93.9 Å². The normalized spacial score (nSPS) is 11.0. The minimum atomic E-state index is -0.643. The minimum Gasteiger partial charge on any atom is -0.477 e. The van der Waals surface area contributed by atoms with Crippen molar-refractivity contribution >= 4 is 16.9 Å². The molecule has 2 heterocycles. The number of ether oxygens (including phenoxy) is 1. The molecule has 0 aliphatic heterocycles. The maximum Gasteiger partial charge on any atom is 0.293 e. The van der Waals surface area contributed by atoms with Gasteiger partial charge < -0.3 is 15.5 Å². The monoisotopic (exact) mass is 286 g/mol. The number of primary amides is 1. The number of nitrogens with two attached hydrogens (primary N) is 1. The second kappa shape index (κ2) is 5.83. The fraction of sp³-hybridized carbons (Fsp3) is 0.400. The Kier molecular flexibility index (Phi) is 4.13. The molecule has 3 N–H and O–H groups in total. The Hall–Kier alpha value is -2.55. The molecule has 0 bridgehead atoms. The number of H-pyrrole nitrogens is 1. The third kappa shape index (κ3) is 3.96. The van der Waals surface area contributed by atoms with Gasteiger partial charge in [0.05, 0.1) is 12.0 Å². The van der Waals surface area contributed by atoms with Crippen molar-refractivity contribution in [1.29, 1.82) is 0 Å². The first kappa shape index (κ1) is 14.9. The highest BCUT2D eigenvalue weighted by Crippen LogP contribution is 2.26. The van der Waals surface area contributed by atoms with E-state index < -0.39 is 5.91 Å². The first-order valence-corrected chi connectivity index (χ1v) is 6.59. The molecule has 1 amide bonds. The average molecular weight is 286 g/mol. The van der Waals surface area contributed by atoms with Gasteiger partial charge in [0.25, 0.3) is 5.91 Å². The van der Waals surface area contributed by atoms with Crippen molar-refractivity contribution in [3.63, 3.8) is 0 Å². The number of carbonyl (C=O) groups excluding carboxylic acids is 1. The first-order chi connectivity index (χ1) is 9.87. The van der Waals surface area contributed by atoms with E-state index in [1.165, 1.54) is 6.33 Å². The minimum absolute atomic E-state index is 0.0273. The van der Waals surface area contributed by atoms with Crippen molar-refractivity contribution in [3.05, 3.63) is 18.1 Å². The van der Waals surface area contributed by atoms with Gasteiger partial charge in [-0.3, -0.25) is 4.79 Å². The summed E-state index contributed by atoms with van der Waals surface area (Å²) in [6.45, 7) is 6.79. The Balaban J connectivity index is 2.31. The zero-order valence-electron chi connectivity index (χ0n) is 12.4. The summed E-state index contributed by atoms with van der Waals surface area (Å²) in [5.41, 5.74) is 6.59. The van der Waals surface area contributed by atoms with E-state index in [9.17, 15) is 4.79 Å². The van der Waals surface area contributed by atoms with Crippen molar-refractivity contribution in [2.24, 2.45) is 11.1 Å². The summed E-state index contributed by atoms with van der Waals surface area (Å²) in [5.74, 6) is 4.92. The van der Waals surface area contributed by atoms with Gasteiger partial charge in [-0.05, 0) is 16.9 Å². The lowest BCUT2D eigenvalue weighted by atomic mass is 9.99. The number of nitrogens with zero attached hydrogens (tertiary/aromatic N) is 2. The van der Waals surface area contributed by atoms with Gasteiger partial charge >= 0.3 is 0 Å². The Morgan fingerprint density at radius 3 is 2.86 bits per heavy atom. The molecule has 21 heavy (non-hydrogen) atoms. The van der Waals surface area contributed by atoms with Gasteiger partial charge in [0, 0.05) is 12.6 Å². The van der Waals surface area contributed by atoms with Crippen molar-refractivity contribution in [1.82, 2.24) is 15.0 Å². The molecule has 0 unspecified atom stereocenters. The third-order valence-electron chi connectivity index (χ3n) is 2.65. The fourth-order valence-electron chi connectivity index (χ4n) is 1.76. The summed E-state index contributed by atoms with van der Waals surface area (Å²) in [6.07, 6.45) is 3.62. The Morgan fingerprint density at radius 2 is 2.19 bits per heavy atom. The summed E-state index contributed by atoms with van der Waals surface area (Å²) < 4.78 is 5.80. The van der Waals surface area contributed by atoms with Crippen LogP contribution in [-0.4, -0.2) is 27.5 Å². The molecule has 0 saturated heterocycles.